The van der Waals surface area contributed by atoms with E-state index in [1.54, 1.807) is 7.11 Å². The lowest BCUT2D eigenvalue weighted by molar-refractivity contribution is 0.0715. The van der Waals surface area contributed by atoms with Gasteiger partial charge in [0.15, 0.2) is 0 Å². The van der Waals surface area contributed by atoms with E-state index in [1.165, 1.54) is 11.3 Å². The van der Waals surface area contributed by atoms with E-state index in [0.717, 1.165) is 33.9 Å². The Hall–Kier alpha value is -2.67. The van der Waals surface area contributed by atoms with Crippen LogP contribution >= 0.6 is 11.3 Å². The molecule has 0 aliphatic carbocycles. The number of amides is 1. The first kappa shape index (κ1) is 16.8. The third-order valence-corrected chi connectivity index (χ3v) is 5.51. The second kappa shape index (κ2) is 6.92. The van der Waals surface area contributed by atoms with Crippen molar-refractivity contribution in [1.82, 2.24) is 15.0 Å². The van der Waals surface area contributed by atoms with E-state index in [1.807, 2.05) is 48.2 Å². The van der Waals surface area contributed by atoms with Crippen LogP contribution in [0.5, 0.6) is 5.75 Å². The molecule has 6 nitrogen and oxygen atoms in total. The molecule has 0 bridgehead atoms. The maximum Gasteiger partial charge on any atom is 0.264 e. The number of rotatable bonds is 4. The second-order valence-electron chi connectivity index (χ2n) is 6.26. The molecule has 0 radical (unpaired) electrons. The zero-order valence-electron chi connectivity index (χ0n) is 14.6. The van der Waals surface area contributed by atoms with Crippen LogP contribution in [-0.4, -0.2) is 34.6 Å². The standard InChI is InChI=1S/C19H19N3O3S/c1-12-8-9-16(26-12)19(23)22-10-4-7-15(22)18-20-17(21-25-18)13-5-3-6-14(11-13)24-2/h3,5-6,8-9,11,15H,4,7,10H2,1-2H3/t15-/m1/s1. The summed E-state index contributed by atoms with van der Waals surface area (Å²) >= 11 is 1.51. The number of benzene rings is 1. The summed E-state index contributed by atoms with van der Waals surface area (Å²) in [4.78, 5) is 21.1. The van der Waals surface area contributed by atoms with Gasteiger partial charge in [0.1, 0.15) is 11.8 Å². The summed E-state index contributed by atoms with van der Waals surface area (Å²) in [5.41, 5.74) is 0.823. The number of nitrogens with zero attached hydrogens (tertiary/aromatic N) is 3. The fourth-order valence-electron chi connectivity index (χ4n) is 3.21. The number of aryl methyl sites for hydroxylation is 1. The molecule has 134 valence electrons. The van der Waals surface area contributed by atoms with Crippen LogP contribution in [0.2, 0.25) is 0 Å². The maximum absolute atomic E-state index is 12.8. The van der Waals surface area contributed by atoms with Gasteiger partial charge in [-0.05, 0) is 44.0 Å². The molecule has 2 aromatic heterocycles. The third-order valence-electron chi connectivity index (χ3n) is 4.52. The van der Waals surface area contributed by atoms with Gasteiger partial charge in [0.2, 0.25) is 11.7 Å². The minimum absolute atomic E-state index is 0.0340. The Morgan fingerprint density at radius 3 is 3.00 bits per heavy atom. The van der Waals surface area contributed by atoms with Gasteiger partial charge in [-0.2, -0.15) is 4.98 Å². The van der Waals surface area contributed by atoms with E-state index >= 15 is 0 Å². The molecule has 0 unspecified atom stereocenters. The topological polar surface area (TPSA) is 68.5 Å². The van der Waals surface area contributed by atoms with Crippen LogP contribution in [-0.2, 0) is 0 Å². The molecule has 1 atom stereocenters. The highest BCUT2D eigenvalue weighted by molar-refractivity contribution is 7.13. The van der Waals surface area contributed by atoms with E-state index in [2.05, 4.69) is 10.1 Å². The molecule has 0 saturated carbocycles. The zero-order chi connectivity index (χ0) is 18.1. The van der Waals surface area contributed by atoms with Crippen molar-refractivity contribution in [3.8, 4) is 17.1 Å². The van der Waals surface area contributed by atoms with Crippen LogP contribution in [0.1, 0.15) is 39.3 Å². The van der Waals surface area contributed by atoms with Crippen LogP contribution in [0.3, 0.4) is 0 Å². The Balaban J connectivity index is 1.59. The number of carbonyl (C=O) groups excluding carboxylic acids is 1. The number of methoxy groups -OCH3 is 1. The average molecular weight is 369 g/mol. The van der Waals surface area contributed by atoms with Crippen LogP contribution in [0, 0.1) is 6.92 Å². The average Bonchev–Trinajstić information content (AvgIpc) is 3.40. The number of carbonyl (C=O) groups is 1. The van der Waals surface area contributed by atoms with Gasteiger partial charge in [-0.3, -0.25) is 4.79 Å². The molecule has 0 spiro atoms. The summed E-state index contributed by atoms with van der Waals surface area (Å²) in [5, 5.41) is 4.10. The number of thiophene rings is 1. The molecule has 1 fully saturated rings. The monoisotopic (exact) mass is 369 g/mol. The Morgan fingerprint density at radius 2 is 2.23 bits per heavy atom. The molecule has 7 heteroatoms. The summed E-state index contributed by atoms with van der Waals surface area (Å²) in [6.45, 7) is 2.71. The predicted octanol–water partition coefficient (Wildman–Crippen LogP) is 4.09. The second-order valence-corrected chi connectivity index (χ2v) is 7.54. The van der Waals surface area contributed by atoms with Gasteiger partial charge in [0, 0.05) is 17.0 Å². The van der Waals surface area contributed by atoms with E-state index in [9.17, 15) is 4.79 Å². The summed E-state index contributed by atoms with van der Waals surface area (Å²) < 4.78 is 10.8. The Labute approximate surface area is 155 Å². The van der Waals surface area contributed by atoms with Crippen molar-refractivity contribution in [2.24, 2.45) is 0 Å². The lowest BCUT2D eigenvalue weighted by Gasteiger charge is -2.21. The molecule has 3 heterocycles. The highest BCUT2D eigenvalue weighted by Gasteiger charge is 2.35. The van der Waals surface area contributed by atoms with Gasteiger partial charge < -0.3 is 14.2 Å². The molecular formula is C19H19N3O3S. The first-order valence-corrected chi connectivity index (χ1v) is 9.33. The quantitative estimate of drug-likeness (QED) is 0.693. The third kappa shape index (κ3) is 3.10. The van der Waals surface area contributed by atoms with Crippen molar-refractivity contribution in [1.29, 1.82) is 0 Å². The predicted molar refractivity (Wildman–Crippen MR) is 98.4 cm³/mol. The van der Waals surface area contributed by atoms with E-state index in [4.69, 9.17) is 9.26 Å². The van der Waals surface area contributed by atoms with Gasteiger partial charge in [-0.15, -0.1) is 11.3 Å². The fraction of sp³-hybridized carbons (Fsp3) is 0.316. The highest BCUT2D eigenvalue weighted by atomic mass is 32.1. The van der Waals surface area contributed by atoms with Crippen molar-refractivity contribution in [2.45, 2.75) is 25.8 Å². The van der Waals surface area contributed by atoms with Crippen LogP contribution in [0.4, 0.5) is 0 Å². The van der Waals surface area contributed by atoms with Crippen molar-refractivity contribution < 1.29 is 14.1 Å². The number of likely N-dealkylation sites (tertiary alicyclic amines) is 1. The van der Waals surface area contributed by atoms with Crippen molar-refractivity contribution in [3.63, 3.8) is 0 Å². The minimum Gasteiger partial charge on any atom is -0.497 e. The lowest BCUT2D eigenvalue weighted by atomic mass is 10.2. The van der Waals surface area contributed by atoms with E-state index < -0.39 is 0 Å². The van der Waals surface area contributed by atoms with E-state index in [-0.39, 0.29) is 11.9 Å². The van der Waals surface area contributed by atoms with E-state index in [0.29, 0.717) is 18.3 Å². The normalized spacial score (nSPS) is 16.8. The molecule has 1 aliphatic heterocycles. The summed E-state index contributed by atoms with van der Waals surface area (Å²) in [6.07, 6.45) is 1.76. The first-order valence-electron chi connectivity index (χ1n) is 8.51. The molecule has 4 rings (SSSR count). The van der Waals surface area contributed by atoms with Crippen LogP contribution < -0.4 is 4.74 Å². The molecule has 1 saturated heterocycles. The van der Waals surface area contributed by atoms with Crippen LogP contribution in [0.25, 0.3) is 11.4 Å². The first-order chi connectivity index (χ1) is 12.7. The number of hydrogen-bond acceptors (Lipinski definition) is 6. The summed E-state index contributed by atoms with van der Waals surface area (Å²) in [7, 11) is 1.62. The largest absolute Gasteiger partial charge is 0.497 e. The number of ether oxygens (including phenoxy) is 1. The Kier molecular flexibility index (Phi) is 4.46. The summed E-state index contributed by atoms with van der Waals surface area (Å²) in [6, 6.07) is 11.2. The van der Waals surface area contributed by atoms with Gasteiger partial charge in [0.05, 0.1) is 12.0 Å². The Morgan fingerprint density at radius 1 is 1.35 bits per heavy atom. The molecule has 0 N–H and O–H groups in total. The van der Waals surface area contributed by atoms with Crippen LogP contribution in [0.15, 0.2) is 40.9 Å². The SMILES string of the molecule is COc1cccc(-c2noc([C@H]3CCCN3C(=O)c3ccc(C)s3)n2)c1. The van der Waals surface area contributed by atoms with Crippen molar-refractivity contribution >= 4 is 17.2 Å². The van der Waals surface area contributed by atoms with Gasteiger partial charge >= 0.3 is 0 Å². The van der Waals surface area contributed by atoms with Gasteiger partial charge in [-0.25, -0.2) is 0 Å². The molecule has 1 amide bonds. The lowest BCUT2D eigenvalue weighted by Crippen LogP contribution is -2.30. The van der Waals surface area contributed by atoms with Crippen molar-refractivity contribution in [3.05, 3.63) is 52.0 Å². The van der Waals surface area contributed by atoms with Crippen molar-refractivity contribution in [2.75, 3.05) is 13.7 Å². The molecule has 26 heavy (non-hydrogen) atoms. The maximum atomic E-state index is 12.8. The van der Waals surface area contributed by atoms with Gasteiger partial charge in [0.25, 0.3) is 5.91 Å². The highest BCUT2D eigenvalue weighted by Crippen LogP contribution is 2.34. The van der Waals surface area contributed by atoms with Gasteiger partial charge in [-0.1, -0.05) is 17.3 Å². The Bertz CT molecular complexity index is 934. The fourth-order valence-corrected chi connectivity index (χ4v) is 4.03. The minimum atomic E-state index is -0.170. The number of hydrogen-bond donors (Lipinski definition) is 0. The summed E-state index contributed by atoms with van der Waals surface area (Å²) in [5.74, 6) is 1.76. The number of aromatic nitrogens is 2. The molecule has 3 aromatic rings. The zero-order valence-corrected chi connectivity index (χ0v) is 15.5. The molecule has 1 aromatic carbocycles. The molecular weight excluding hydrogens is 350 g/mol. The molecule has 1 aliphatic rings. The smallest absolute Gasteiger partial charge is 0.264 e.